The molecule has 40 heavy (non-hydrogen) atoms. The van der Waals surface area contributed by atoms with Gasteiger partial charge in [-0.25, -0.2) is 14.6 Å². The van der Waals surface area contributed by atoms with Crippen LogP contribution in [0.5, 0.6) is 0 Å². The molecule has 2 aromatic carbocycles. The van der Waals surface area contributed by atoms with E-state index in [2.05, 4.69) is 6.92 Å². The summed E-state index contributed by atoms with van der Waals surface area (Å²) in [6.07, 6.45) is 2.10. The van der Waals surface area contributed by atoms with Crippen LogP contribution in [0, 0.1) is 0 Å². The molecule has 3 aromatic rings. The van der Waals surface area contributed by atoms with E-state index >= 15 is 0 Å². The maximum atomic E-state index is 13.1. The molecule has 1 unspecified atom stereocenters. The van der Waals surface area contributed by atoms with E-state index < -0.39 is 23.9 Å². The van der Waals surface area contributed by atoms with Crippen LogP contribution < -0.4 is 59.1 Å². The van der Waals surface area contributed by atoms with Gasteiger partial charge in [-0.1, -0.05) is 49.4 Å². The zero-order chi connectivity index (χ0) is 27.0. The van der Waals surface area contributed by atoms with Crippen molar-refractivity contribution in [2.45, 2.75) is 45.7 Å². The number of hydrogen-bond donors (Lipinski definition) is 2. The molecule has 1 amide bonds. The minimum atomic E-state index is -0.982. The Morgan fingerprint density at radius 2 is 1.77 bits per heavy atom. The molecule has 2 N–H and O–H groups in total. The molecular formula is C29H29N3Na2O6+2. The molecule has 0 radical (unpaired) electrons. The average molecular weight is 562 g/mol. The van der Waals surface area contributed by atoms with Gasteiger partial charge in [0.2, 0.25) is 0 Å². The average Bonchev–Trinajstić information content (AvgIpc) is 3.38. The van der Waals surface area contributed by atoms with Gasteiger partial charge < -0.3 is 24.4 Å². The van der Waals surface area contributed by atoms with Gasteiger partial charge in [-0.3, -0.25) is 4.79 Å². The molecule has 1 atom stereocenters. The van der Waals surface area contributed by atoms with Crippen molar-refractivity contribution in [1.82, 2.24) is 14.5 Å². The summed E-state index contributed by atoms with van der Waals surface area (Å²) in [5, 5.41) is 20.6. The number of hydrogen-bond acceptors (Lipinski definition) is 6. The Kier molecular flexibility index (Phi) is 10.8. The fraction of sp³-hybridized carbons (Fsp3) is 0.310. The second kappa shape index (κ2) is 13.5. The molecule has 0 aliphatic carbocycles. The van der Waals surface area contributed by atoms with E-state index in [4.69, 9.17) is 9.72 Å². The first-order chi connectivity index (χ1) is 18.3. The molecule has 3 heterocycles. The number of aromatic carboxylic acids is 1. The molecule has 0 saturated carbocycles. The number of aliphatic hydroxyl groups is 1. The van der Waals surface area contributed by atoms with E-state index in [0.29, 0.717) is 37.2 Å². The van der Waals surface area contributed by atoms with Crippen LogP contribution in [0.2, 0.25) is 0 Å². The number of carboxylic acid groups (broad SMARTS) is 1. The molecule has 0 spiro atoms. The van der Waals surface area contributed by atoms with Crippen LogP contribution in [0.4, 0.5) is 0 Å². The van der Waals surface area contributed by atoms with Gasteiger partial charge in [-0.05, 0) is 36.1 Å². The summed E-state index contributed by atoms with van der Waals surface area (Å²) in [5.74, 6) is -1.76. The second-order valence-electron chi connectivity index (χ2n) is 9.38. The van der Waals surface area contributed by atoms with Crippen LogP contribution in [-0.2, 0) is 33.7 Å². The summed E-state index contributed by atoms with van der Waals surface area (Å²) in [6.45, 7) is 4.61. The van der Waals surface area contributed by atoms with Gasteiger partial charge in [-0.2, -0.15) is 0 Å². The number of carbonyl (C=O) groups is 3. The van der Waals surface area contributed by atoms with Crippen LogP contribution in [0.25, 0.3) is 11.1 Å². The number of aromatic nitrogens is 2. The van der Waals surface area contributed by atoms with Crippen molar-refractivity contribution in [3.63, 3.8) is 0 Å². The summed E-state index contributed by atoms with van der Waals surface area (Å²) in [7, 11) is 0. The van der Waals surface area contributed by atoms with Gasteiger partial charge in [0.15, 0.2) is 5.57 Å². The standard InChI is InChI=1S/C29H29N3O6.2Na/c1-3-7-22-30-21-14-15-31-25(26(33)23(27(31)34)29(37)38-4-2)24(21)32(22)16-17-10-12-18(13-11-17)19-8-5-6-9-20(19)28(35)36;;/h5-6,8-13,25,33H,3-4,7,14-16H2,1-2H3,(H,35,36);;/q;2*+1. The maximum absolute atomic E-state index is 13.1. The number of ether oxygens (including phenoxy) is 1. The Morgan fingerprint density at radius 3 is 2.42 bits per heavy atom. The Balaban J connectivity index is 0.00000220. The second-order valence-corrected chi connectivity index (χ2v) is 9.38. The minimum Gasteiger partial charge on any atom is -0.509 e. The normalized spacial score (nSPS) is 15.6. The Bertz CT molecular complexity index is 1460. The summed E-state index contributed by atoms with van der Waals surface area (Å²) in [5.41, 5.74) is 3.84. The van der Waals surface area contributed by atoms with Gasteiger partial charge in [0.1, 0.15) is 17.6 Å². The Labute approximate surface area is 276 Å². The molecule has 196 valence electrons. The van der Waals surface area contributed by atoms with Crippen LogP contribution in [0.1, 0.15) is 59.4 Å². The molecule has 0 saturated heterocycles. The first kappa shape index (κ1) is 32.1. The third-order valence-corrected chi connectivity index (χ3v) is 7.03. The van der Waals surface area contributed by atoms with E-state index in [9.17, 15) is 24.6 Å². The number of aryl methyl sites for hydroxylation is 1. The number of benzene rings is 2. The fourth-order valence-electron chi connectivity index (χ4n) is 5.33. The summed E-state index contributed by atoms with van der Waals surface area (Å²) >= 11 is 0. The number of fused-ring (bicyclic) bond motifs is 3. The molecule has 2 aliphatic rings. The Hall–Kier alpha value is -2.40. The van der Waals surface area contributed by atoms with Crippen molar-refractivity contribution in [2.24, 2.45) is 0 Å². The Morgan fingerprint density at radius 1 is 1.07 bits per heavy atom. The maximum Gasteiger partial charge on any atom is 1.00 e. The predicted molar refractivity (Wildman–Crippen MR) is 139 cm³/mol. The number of amides is 1. The van der Waals surface area contributed by atoms with Crippen molar-refractivity contribution in [3.05, 3.63) is 88.2 Å². The van der Waals surface area contributed by atoms with E-state index in [1.807, 2.05) is 34.9 Å². The first-order valence-corrected chi connectivity index (χ1v) is 12.8. The molecule has 0 bridgehead atoms. The van der Waals surface area contributed by atoms with Crippen LogP contribution in [0.15, 0.2) is 59.9 Å². The minimum absolute atomic E-state index is 0. The van der Waals surface area contributed by atoms with E-state index in [-0.39, 0.29) is 82.6 Å². The molecule has 11 heteroatoms. The number of carboxylic acids is 1. The molecular weight excluding hydrogens is 532 g/mol. The molecule has 5 rings (SSSR count). The third kappa shape index (κ3) is 5.82. The van der Waals surface area contributed by atoms with Crippen molar-refractivity contribution in [2.75, 3.05) is 13.2 Å². The zero-order valence-electron chi connectivity index (χ0n) is 23.3. The molecule has 2 aliphatic heterocycles. The quantitative estimate of drug-likeness (QED) is 0.187. The number of imidazole rings is 1. The van der Waals surface area contributed by atoms with Gasteiger partial charge in [0, 0.05) is 25.9 Å². The number of nitrogens with zero attached hydrogens (tertiary/aromatic N) is 3. The van der Waals surface area contributed by atoms with Crippen molar-refractivity contribution in [1.29, 1.82) is 0 Å². The van der Waals surface area contributed by atoms with E-state index in [0.717, 1.165) is 29.1 Å². The van der Waals surface area contributed by atoms with Gasteiger partial charge in [-0.15, -0.1) is 0 Å². The summed E-state index contributed by atoms with van der Waals surface area (Å²) < 4.78 is 7.07. The van der Waals surface area contributed by atoms with E-state index in [1.165, 1.54) is 4.90 Å². The number of rotatable bonds is 8. The van der Waals surface area contributed by atoms with Gasteiger partial charge in [0.25, 0.3) is 5.91 Å². The SMILES string of the molecule is CCCc1nc2c(n1Cc1ccc(-c3ccccc3C(=O)O)cc1)C1C(O)=C(C(=O)OCC)C(=O)N1CC2.[Na+].[Na+]. The van der Waals surface area contributed by atoms with Crippen LogP contribution in [0.3, 0.4) is 0 Å². The van der Waals surface area contributed by atoms with Crippen molar-refractivity contribution in [3.8, 4) is 11.1 Å². The first-order valence-electron chi connectivity index (χ1n) is 12.8. The van der Waals surface area contributed by atoms with Crippen molar-refractivity contribution >= 4 is 17.8 Å². The summed E-state index contributed by atoms with van der Waals surface area (Å²) in [4.78, 5) is 43.6. The largest absolute Gasteiger partial charge is 1.00 e. The topological polar surface area (TPSA) is 122 Å². The van der Waals surface area contributed by atoms with Gasteiger partial charge >= 0.3 is 71.1 Å². The molecule has 9 nitrogen and oxygen atoms in total. The van der Waals surface area contributed by atoms with E-state index in [1.54, 1.807) is 25.1 Å². The van der Waals surface area contributed by atoms with Crippen LogP contribution in [-0.4, -0.2) is 55.7 Å². The molecule has 0 fully saturated rings. The predicted octanol–water partition coefficient (Wildman–Crippen LogP) is -1.93. The van der Waals surface area contributed by atoms with Crippen LogP contribution >= 0.6 is 0 Å². The number of esters is 1. The summed E-state index contributed by atoms with van der Waals surface area (Å²) in [6, 6.07) is 13.8. The van der Waals surface area contributed by atoms with Gasteiger partial charge in [0.05, 0.1) is 23.6 Å². The number of carbonyl (C=O) groups excluding carboxylic acids is 2. The smallest absolute Gasteiger partial charge is 0.509 e. The van der Waals surface area contributed by atoms with Crippen molar-refractivity contribution < 1.29 is 88.4 Å². The number of aliphatic hydroxyl groups excluding tert-OH is 1. The monoisotopic (exact) mass is 561 g/mol. The molecule has 1 aromatic heterocycles. The third-order valence-electron chi connectivity index (χ3n) is 7.03. The zero-order valence-corrected chi connectivity index (χ0v) is 27.3. The fourth-order valence-corrected chi connectivity index (χ4v) is 5.33.